The van der Waals surface area contributed by atoms with Crippen LogP contribution in [0.5, 0.6) is 0 Å². The highest BCUT2D eigenvalue weighted by atomic mass is 19.4. The van der Waals surface area contributed by atoms with Crippen LogP contribution in [0.4, 0.5) is 18.9 Å². The molecule has 29 heavy (non-hydrogen) atoms. The highest BCUT2D eigenvalue weighted by Crippen LogP contribution is 2.29. The first-order valence-corrected chi connectivity index (χ1v) is 9.64. The monoisotopic (exact) mass is 407 g/mol. The molecule has 1 heterocycles. The summed E-state index contributed by atoms with van der Waals surface area (Å²) in [6.07, 6.45) is -4.32. The van der Waals surface area contributed by atoms with Crippen LogP contribution >= 0.6 is 0 Å². The van der Waals surface area contributed by atoms with Gasteiger partial charge >= 0.3 is 11.9 Å². The van der Waals surface area contributed by atoms with E-state index in [-0.39, 0.29) is 5.69 Å². The van der Waals surface area contributed by atoms with E-state index in [9.17, 15) is 18.0 Å². The molecule has 1 atom stereocenters. The predicted octanol–water partition coefficient (Wildman–Crippen LogP) is 3.93. The molecule has 0 spiro atoms. The lowest BCUT2D eigenvalue weighted by Crippen LogP contribution is -2.49. The number of benzene rings is 2. The average Bonchev–Trinajstić information content (AvgIpc) is 3.01. The molecular weight excluding hydrogens is 381 g/mol. The molecule has 156 valence electrons. The Hall–Kier alpha value is -2.74. The van der Waals surface area contributed by atoms with E-state index in [1.54, 1.807) is 4.57 Å². The number of hydrogen-bond acceptors (Lipinski definition) is 2. The van der Waals surface area contributed by atoms with Crippen LogP contribution in [0.1, 0.15) is 12.5 Å². The number of imidazole rings is 1. The van der Waals surface area contributed by atoms with Gasteiger partial charge in [-0.3, -0.25) is 4.57 Å². The van der Waals surface area contributed by atoms with E-state index in [1.165, 1.54) is 12.1 Å². The SMILES string of the molecule is CC[N+](C)(CCNc1ccc(C(F)(F)F)cc1)CCn1c(=O)[nH]c2ccccc21. The number of rotatable bonds is 8. The van der Waals surface area contributed by atoms with E-state index in [2.05, 4.69) is 24.3 Å². The van der Waals surface area contributed by atoms with Gasteiger partial charge in [-0.25, -0.2) is 4.79 Å². The van der Waals surface area contributed by atoms with Crippen LogP contribution in [-0.2, 0) is 12.7 Å². The lowest BCUT2D eigenvalue weighted by Gasteiger charge is -2.33. The van der Waals surface area contributed by atoms with E-state index < -0.39 is 11.7 Å². The summed E-state index contributed by atoms with van der Waals surface area (Å²) < 4.78 is 40.4. The molecule has 0 aliphatic heterocycles. The molecule has 0 bridgehead atoms. The summed E-state index contributed by atoms with van der Waals surface area (Å²) in [6, 6.07) is 12.7. The van der Waals surface area contributed by atoms with Crippen molar-refractivity contribution in [2.75, 3.05) is 38.5 Å². The first-order chi connectivity index (χ1) is 13.7. The first kappa shape index (κ1) is 21.0. The first-order valence-electron chi connectivity index (χ1n) is 9.64. The number of likely N-dealkylation sites (N-methyl/N-ethyl adjacent to an activating group) is 1. The quantitative estimate of drug-likeness (QED) is 0.556. The number of nitrogens with one attached hydrogen (secondary N) is 2. The van der Waals surface area contributed by atoms with Gasteiger partial charge in [-0.2, -0.15) is 13.2 Å². The third-order valence-corrected chi connectivity index (χ3v) is 5.50. The molecule has 0 saturated carbocycles. The van der Waals surface area contributed by atoms with Crippen molar-refractivity contribution in [3.63, 3.8) is 0 Å². The van der Waals surface area contributed by atoms with Crippen LogP contribution in [0, 0.1) is 0 Å². The summed E-state index contributed by atoms with van der Waals surface area (Å²) in [5.74, 6) is 0. The summed E-state index contributed by atoms with van der Waals surface area (Å²) >= 11 is 0. The molecule has 0 amide bonds. The number of hydrogen-bond donors (Lipinski definition) is 2. The van der Waals surface area contributed by atoms with Crippen molar-refractivity contribution in [1.29, 1.82) is 0 Å². The third kappa shape index (κ3) is 5.00. The van der Waals surface area contributed by atoms with Gasteiger partial charge < -0.3 is 14.8 Å². The molecule has 1 aromatic heterocycles. The minimum Gasteiger partial charge on any atom is -0.379 e. The lowest BCUT2D eigenvalue weighted by molar-refractivity contribution is -0.906. The van der Waals surface area contributed by atoms with E-state index in [4.69, 9.17) is 0 Å². The number of aromatic nitrogens is 2. The largest absolute Gasteiger partial charge is 0.416 e. The molecule has 0 saturated heterocycles. The number of H-pyrrole nitrogens is 1. The molecular formula is C21H26F3N4O+. The van der Waals surface area contributed by atoms with Gasteiger partial charge in [-0.1, -0.05) is 12.1 Å². The van der Waals surface area contributed by atoms with Crippen molar-refractivity contribution in [2.45, 2.75) is 19.6 Å². The molecule has 0 aliphatic rings. The van der Waals surface area contributed by atoms with Crippen LogP contribution in [0.15, 0.2) is 53.3 Å². The molecule has 2 aromatic carbocycles. The van der Waals surface area contributed by atoms with Crippen molar-refractivity contribution in [3.8, 4) is 0 Å². The van der Waals surface area contributed by atoms with Crippen molar-refractivity contribution < 1.29 is 17.7 Å². The maximum absolute atomic E-state index is 12.7. The Bertz CT molecular complexity index is 1010. The van der Waals surface area contributed by atoms with E-state index in [0.717, 1.165) is 47.3 Å². The molecule has 2 N–H and O–H groups in total. The maximum Gasteiger partial charge on any atom is 0.416 e. The molecule has 0 aliphatic carbocycles. The molecule has 5 nitrogen and oxygen atoms in total. The van der Waals surface area contributed by atoms with Crippen molar-refractivity contribution in [1.82, 2.24) is 9.55 Å². The fourth-order valence-corrected chi connectivity index (χ4v) is 3.35. The molecule has 8 heteroatoms. The number of halogens is 3. The van der Waals surface area contributed by atoms with Crippen LogP contribution < -0.4 is 11.0 Å². The third-order valence-electron chi connectivity index (χ3n) is 5.50. The number of nitrogens with zero attached hydrogens (tertiary/aromatic N) is 2. The van der Waals surface area contributed by atoms with Crippen LogP contribution in [0.2, 0.25) is 0 Å². The molecule has 3 rings (SSSR count). The van der Waals surface area contributed by atoms with Crippen LogP contribution in [0.25, 0.3) is 11.0 Å². The van der Waals surface area contributed by atoms with Crippen LogP contribution in [-0.4, -0.2) is 47.3 Å². The summed E-state index contributed by atoms with van der Waals surface area (Å²) in [5.41, 5.74) is 1.61. The van der Waals surface area contributed by atoms with Crippen molar-refractivity contribution in [2.24, 2.45) is 0 Å². The topological polar surface area (TPSA) is 49.8 Å². The van der Waals surface area contributed by atoms with E-state index in [1.807, 2.05) is 24.3 Å². The van der Waals surface area contributed by atoms with Gasteiger partial charge in [0.15, 0.2) is 0 Å². The number of quaternary nitrogens is 1. The number of aromatic amines is 1. The molecule has 1 unspecified atom stereocenters. The summed E-state index contributed by atoms with van der Waals surface area (Å²) in [6.45, 7) is 5.75. The van der Waals surface area contributed by atoms with Gasteiger partial charge in [0.2, 0.25) is 0 Å². The number of fused-ring (bicyclic) bond motifs is 1. The highest BCUT2D eigenvalue weighted by molar-refractivity contribution is 5.74. The van der Waals surface area contributed by atoms with Crippen molar-refractivity contribution >= 4 is 16.7 Å². The summed E-state index contributed by atoms with van der Waals surface area (Å²) in [5, 5.41) is 3.19. The lowest BCUT2D eigenvalue weighted by atomic mass is 10.2. The Morgan fingerprint density at radius 2 is 1.76 bits per heavy atom. The fraction of sp³-hybridized carbons (Fsp3) is 0.381. The van der Waals surface area contributed by atoms with E-state index >= 15 is 0 Å². The van der Waals surface area contributed by atoms with Crippen LogP contribution in [0.3, 0.4) is 0 Å². The molecule has 3 aromatic rings. The zero-order chi connectivity index (χ0) is 21.1. The highest BCUT2D eigenvalue weighted by Gasteiger charge is 2.30. The minimum absolute atomic E-state index is 0.114. The zero-order valence-electron chi connectivity index (χ0n) is 16.6. The Morgan fingerprint density at radius 3 is 2.41 bits per heavy atom. The van der Waals surface area contributed by atoms with Gasteiger partial charge in [0.05, 0.1) is 56.4 Å². The summed E-state index contributed by atoms with van der Waals surface area (Å²) in [4.78, 5) is 15.1. The number of alkyl halides is 3. The van der Waals surface area contributed by atoms with E-state index in [0.29, 0.717) is 18.8 Å². The van der Waals surface area contributed by atoms with Gasteiger partial charge in [-0.05, 0) is 43.3 Å². The molecule has 0 fully saturated rings. The van der Waals surface area contributed by atoms with Crippen molar-refractivity contribution in [3.05, 3.63) is 64.6 Å². The Labute approximate surface area is 167 Å². The van der Waals surface area contributed by atoms with Gasteiger partial charge in [0.1, 0.15) is 0 Å². The van der Waals surface area contributed by atoms with Gasteiger partial charge in [-0.15, -0.1) is 0 Å². The number of anilines is 1. The molecule has 0 radical (unpaired) electrons. The zero-order valence-corrected chi connectivity index (χ0v) is 16.6. The van der Waals surface area contributed by atoms with Gasteiger partial charge in [0, 0.05) is 5.69 Å². The number of para-hydroxylation sites is 2. The second-order valence-corrected chi connectivity index (χ2v) is 7.48. The standard InChI is InChI=1S/C21H25F3N4O/c1-3-28(2,14-12-25-17-10-8-16(9-11-17)21(22,23)24)15-13-27-19-7-5-4-6-18(19)26-20(27)29/h4-11,25H,3,12-15H2,1-2H3/p+1. The maximum atomic E-state index is 12.7. The smallest absolute Gasteiger partial charge is 0.379 e. The van der Waals surface area contributed by atoms with Gasteiger partial charge in [0.25, 0.3) is 0 Å². The average molecular weight is 407 g/mol. The fourth-order valence-electron chi connectivity index (χ4n) is 3.35. The second kappa shape index (κ2) is 8.32. The summed E-state index contributed by atoms with van der Waals surface area (Å²) in [7, 11) is 2.12. The normalized spacial score (nSPS) is 14.1. The minimum atomic E-state index is -4.32. The Morgan fingerprint density at radius 1 is 1.07 bits per heavy atom. The Balaban J connectivity index is 1.58. The predicted molar refractivity (Wildman–Crippen MR) is 109 cm³/mol. The Kier molecular flexibility index (Phi) is 6.02. The second-order valence-electron chi connectivity index (χ2n) is 7.48.